The van der Waals surface area contributed by atoms with Crippen molar-refractivity contribution in [2.75, 3.05) is 6.61 Å². The van der Waals surface area contributed by atoms with Crippen molar-refractivity contribution in [2.24, 2.45) is 0 Å². The van der Waals surface area contributed by atoms with Crippen molar-refractivity contribution in [1.29, 1.82) is 0 Å². The van der Waals surface area contributed by atoms with Crippen LogP contribution in [0.4, 0.5) is 0 Å². The highest BCUT2D eigenvalue weighted by Gasteiger charge is 2.10. The van der Waals surface area contributed by atoms with Crippen LogP contribution in [0, 0.1) is 0 Å². The SMILES string of the molecule is CCOCc1ccccc1CNC(=O)c1cc2ccccc2c(=O)[nH]1. The molecule has 0 aliphatic carbocycles. The van der Waals surface area contributed by atoms with E-state index < -0.39 is 0 Å². The molecule has 5 nitrogen and oxygen atoms in total. The summed E-state index contributed by atoms with van der Waals surface area (Å²) in [6, 6.07) is 16.7. The number of rotatable bonds is 6. The van der Waals surface area contributed by atoms with Gasteiger partial charge in [-0.25, -0.2) is 0 Å². The number of carbonyl (C=O) groups is 1. The van der Waals surface area contributed by atoms with Crippen LogP contribution in [0.2, 0.25) is 0 Å². The van der Waals surface area contributed by atoms with Gasteiger partial charge in [-0.05, 0) is 35.6 Å². The van der Waals surface area contributed by atoms with E-state index >= 15 is 0 Å². The molecule has 0 saturated heterocycles. The van der Waals surface area contributed by atoms with Gasteiger partial charge in [0.2, 0.25) is 0 Å². The van der Waals surface area contributed by atoms with Gasteiger partial charge in [0.15, 0.2) is 0 Å². The van der Waals surface area contributed by atoms with Crippen LogP contribution >= 0.6 is 0 Å². The molecule has 0 saturated carbocycles. The fourth-order valence-electron chi connectivity index (χ4n) is 2.69. The number of benzene rings is 2. The number of amides is 1. The number of fused-ring (bicyclic) bond motifs is 1. The Bertz CT molecular complexity index is 947. The highest BCUT2D eigenvalue weighted by molar-refractivity contribution is 5.96. The quantitative estimate of drug-likeness (QED) is 0.727. The Morgan fingerprint density at radius 2 is 1.80 bits per heavy atom. The normalized spacial score (nSPS) is 10.8. The molecule has 0 aliphatic heterocycles. The summed E-state index contributed by atoms with van der Waals surface area (Å²) in [5.41, 5.74) is 2.02. The maximum absolute atomic E-state index is 12.4. The van der Waals surface area contributed by atoms with Crippen molar-refractivity contribution >= 4 is 16.7 Å². The lowest BCUT2D eigenvalue weighted by Gasteiger charge is -2.11. The van der Waals surface area contributed by atoms with E-state index in [-0.39, 0.29) is 17.2 Å². The molecule has 0 spiro atoms. The van der Waals surface area contributed by atoms with Crippen LogP contribution in [-0.2, 0) is 17.9 Å². The number of H-pyrrole nitrogens is 1. The van der Waals surface area contributed by atoms with Crippen molar-refractivity contribution in [3.63, 3.8) is 0 Å². The van der Waals surface area contributed by atoms with Gasteiger partial charge in [-0.3, -0.25) is 9.59 Å². The van der Waals surface area contributed by atoms with Crippen molar-refractivity contribution in [1.82, 2.24) is 10.3 Å². The molecule has 1 aromatic heterocycles. The molecule has 0 radical (unpaired) electrons. The molecule has 5 heteroatoms. The molecule has 0 fully saturated rings. The second-order valence-electron chi connectivity index (χ2n) is 5.69. The zero-order valence-electron chi connectivity index (χ0n) is 14.0. The molecule has 2 aromatic carbocycles. The summed E-state index contributed by atoms with van der Waals surface area (Å²) in [5, 5.41) is 4.17. The molecule has 1 amide bonds. The van der Waals surface area contributed by atoms with Gasteiger partial charge in [-0.15, -0.1) is 0 Å². The number of nitrogens with one attached hydrogen (secondary N) is 2. The maximum Gasteiger partial charge on any atom is 0.268 e. The summed E-state index contributed by atoms with van der Waals surface area (Å²) in [6.07, 6.45) is 0. The second-order valence-corrected chi connectivity index (χ2v) is 5.69. The first kappa shape index (κ1) is 16.9. The Labute approximate surface area is 145 Å². The number of pyridine rings is 1. The molecule has 0 bridgehead atoms. The average Bonchev–Trinajstić information content (AvgIpc) is 2.65. The van der Waals surface area contributed by atoms with Crippen molar-refractivity contribution in [3.8, 4) is 0 Å². The molecule has 2 N–H and O–H groups in total. The van der Waals surface area contributed by atoms with E-state index in [9.17, 15) is 9.59 Å². The molecule has 1 heterocycles. The van der Waals surface area contributed by atoms with Gasteiger partial charge >= 0.3 is 0 Å². The third-order valence-corrected chi connectivity index (χ3v) is 4.02. The van der Waals surface area contributed by atoms with Crippen molar-refractivity contribution < 1.29 is 9.53 Å². The first-order valence-corrected chi connectivity index (χ1v) is 8.24. The first-order valence-electron chi connectivity index (χ1n) is 8.24. The van der Waals surface area contributed by atoms with E-state index in [1.807, 2.05) is 43.3 Å². The van der Waals surface area contributed by atoms with Crippen molar-refractivity contribution in [3.05, 3.63) is 81.8 Å². The molecular formula is C20H20N2O3. The van der Waals surface area contributed by atoms with Gasteiger partial charge < -0.3 is 15.0 Å². The standard InChI is InChI=1S/C20H20N2O3/c1-2-25-13-16-9-4-3-8-15(16)12-21-20(24)18-11-14-7-5-6-10-17(14)19(23)22-18/h3-11H,2,12-13H2,1H3,(H,21,24)(H,22,23). The minimum atomic E-state index is -0.311. The van der Waals surface area contributed by atoms with Gasteiger partial charge in [-0.1, -0.05) is 42.5 Å². The molecule has 0 unspecified atom stereocenters. The lowest BCUT2D eigenvalue weighted by Crippen LogP contribution is -2.26. The van der Waals surface area contributed by atoms with E-state index in [0.29, 0.717) is 25.1 Å². The lowest BCUT2D eigenvalue weighted by atomic mass is 10.1. The molecule has 128 valence electrons. The molecule has 0 atom stereocenters. The van der Waals surface area contributed by atoms with E-state index in [1.54, 1.807) is 18.2 Å². The monoisotopic (exact) mass is 336 g/mol. The van der Waals surface area contributed by atoms with Crippen LogP contribution in [0.15, 0.2) is 59.4 Å². The Balaban J connectivity index is 1.76. The minimum Gasteiger partial charge on any atom is -0.377 e. The highest BCUT2D eigenvalue weighted by Crippen LogP contribution is 2.12. The maximum atomic E-state index is 12.4. The van der Waals surface area contributed by atoms with Gasteiger partial charge in [0, 0.05) is 18.5 Å². The molecule has 0 aliphatic rings. The Morgan fingerprint density at radius 1 is 1.08 bits per heavy atom. The summed E-state index contributed by atoms with van der Waals surface area (Å²) in [4.78, 5) is 27.2. The Kier molecular flexibility index (Phi) is 5.26. The predicted octanol–water partition coefficient (Wildman–Crippen LogP) is 2.99. The number of hydrogen-bond acceptors (Lipinski definition) is 3. The summed E-state index contributed by atoms with van der Waals surface area (Å²) in [7, 11) is 0. The van der Waals surface area contributed by atoms with Gasteiger partial charge in [0.1, 0.15) is 5.69 Å². The number of aromatic nitrogens is 1. The molecule has 3 aromatic rings. The van der Waals surface area contributed by atoms with E-state index in [4.69, 9.17) is 4.74 Å². The van der Waals surface area contributed by atoms with E-state index in [1.165, 1.54) is 0 Å². The van der Waals surface area contributed by atoms with Crippen LogP contribution in [0.1, 0.15) is 28.5 Å². The van der Waals surface area contributed by atoms with Gasteiger partial charge in [0.25, 0.3) is 11.5 Å². The largest absolute Gasteiger partial charge is 0.377 e. The van der Waals surface area contributed by atoms with Crippen LogP contribution in [0.3, 0.4) is 0 Å². The predicted molar refractivity (Wildman–Crippen MR) is 97.5 cm³/mol. The molecule has 3 rings (SSSR count). The molecular weight excluding hydrogens is 316 g/mol. The lowest BCUT2D eigenvalue weighted by molar-refractivity contribution is 0.0944. The van der Waals surface area contributed by atoms with Crippen LogP contribution < -0.4 is 10.9 Å². The topological polar surface area (TPSA) is 71.2 Å². The highest BCUT2D eigenvalue weighted by atomic mass is 16.5. The number of aromatic amines is 1. The fourth-order valence-corrected chi connectivity index (χ4v) is 2.69. The second kappa shape index (κ2) is 7.77. The number of carbonyl (C=O) groups excluding carboxylic acids is 1. The zero-order valence-corrected chi connectivity index (χ0v) is 14.0. The third-order valence-electron chi connectivity index (χ3n) is 4.02. The smallest absolute Gasteiger partial charge is 0.268 e. The molecule has 25 heavy (non-hydrogen) atoms. The Hall–Kier alpha value is -2.92. The summed E-state index contributed by atoms with van der Waals surface area (Å²) in [6.45, 7) is 3.46. The summed E-state index contributed by atoms with van der Waals surface area (Å²) >= 11 is 0. The van der Waals surface area contributed by atoms with Gasteiger partial charge in [-0.2, -0.15) is 0 Å². The Morgan fingerprint density at radius 3 is 2.60 bits per heavy atom. The third kappa shape index (κ3) is 3.95. The van der Waals surface area contributed by atoms with Crippen molar-refractivity contribution in [2.45, 2.75) is 20.1 Å². The number of ether oxygens (including phenoxy) is 1. The van der Waals surface area contributed by atoms with Crippen LogP contribution in [-0.4, -0.2) is 17.5 Å². The van der Waals surface area contributed by atoms with E-state index in [0.717, 1.165) is 16.5 Å². The van der Waals surface area contributed by atoms with Crippen LogP contribution in [0.25, 0.3) is 10.8 Å². The zero-order chi connectivity index (χ0) is 17.6. The summed E-state index contributed by atoms with van der Waals surface area (Å²) in [5.74, 6) is -0.311. The first-order chi connectivity index (χ1) is 12.2. The van der Waals surface area contributed by atoms with Crippen LogP contribution in [0.5, 0.6) is 0 Å². The average molecular weight is 336 g/mol. The van der Waals surface area contributed by atoms with E-state index in [2.05, 4.69) is 10.3 Å². The fraction of sp³-hybridized carbons (Fsp3) is 0.200. The number of hydrogen-bond donors (Lipinski definition) is 2. The minimum absolute atomic E-state index is 0.256. The van der Waals surface area contributed by atoms with Gasteiger partial charge in [0.05, 0.1) is 6.61 Å². The summed E-state index contributed by atoms with van der Waals surface area (Å²) < 4.78 is 5.46.